The third-order valence-electron chi connectivity index (χ3n) is 1.85. The van der Waals surface area contributed by atoms with Crippen LogP contribution in [0.25, 0.3) is 0 Å². The van der Waals surface area contributed by atoms with Crippen LogP contribution in [0.1, 0.15) is 11.1 Å². The van der Waals surface area contributed by atoms with E-state index < -0.39 is 17.6 Å². The van der Waals surface area contributed by atoms with Gasteiger partial charge >= 0.3 is 5.97 Å². The SMILES string of the molecule is COC(=O)Cc1cc(C)c(F)c(F)c1. The maximum absolute atomic E-state index is 12.9. The Labute approximate surface area is 80.5 Å². The van der Waals surface area contributed by atoms with Crippen molar-refractivity contribution < 1.29 is 18.3 Å². The quantitative estimate of drug-likeness (QED) is 0.682. The molecule has 1 aromatic rings. The Morgan fingerprint density at radius 1 is 1.43 bits per heavy atom. The Balaban J connectivity index is 2.95. The lowest BCUT2D eigenvalue weighted by Gasteiger charge is -2.03. The molecule has 0 aliphatic carbocycles. The van der Waals surface area contributed by atoms with Crippen LogP contribution in [-0.2, 0) is 16.0 Å². The second kappa shape index (κ2) is 4.17. The fourth-order valence-electron chi connectivity index (χ4n) is 1.14. The van der Waals surface area contributed by atoms with Gasteiger partial charge in [-0.2, -0.15) is 0 Å². The lowest BCUT2D eigenvalue weighted by Crippen LogP contribution is -2.05. The van der Waals surface area contributed by atoms with Crippen molar-refractivity contribution in [1.29, 1.82) is 0 Å². The van der Waals surface area contributed by atoms with Crippen molar-refractivity contribution in [3.63, 3.8) is 0 Å². The van der Waals surface area contributed by atoms with E-state index in [1.54, 1.807) is 0 Å². The fourth-order valence-corrected chi connectivity index (χ4v) is 1.14. The van der Waals surface area contributed by atoms with E-state index in [0.717, 1.165) is 6.07 Å². The number of halogens is 2. The van der Waals surface area contributed by atoms with E-state index in [9.17, 15) is 13.6 Å². The summed E-state index contributed by atoms with van der Waals surface area (Å²) in [5.41, 5.74) is 0.595. The summed E-state index contributed by atoms with van der Waals surface area (Å²) in [6.45, 7) is 1.44. The summed E-state index contributed by atoms with van der Waals surface area (Å²) in [6, 6.07) is 2.43. The first-order chi connectivity index (χ1) is 6.54. The van der Waals surface area contributed by atoms with Gasteiger partial charge in [0.1, 0.15) is 0 Å². The van der Waals surface area contributed by atoms with E-state index in [1.165, 1.54) is 20.1 Å². The minimum atomic E-state index is -0.941. The number of benzene rings is 1. The topological polar surface area (TPSA) is 26.3 Å². The van der Waals surface area contributed by atoms with Crippen molar-refractivity contribution in [2.75, 3.05) is 7.11 Å². The van der Waals surface area contributed by atoms with E-state index in [0.29, 0.717) is 5.56 Å². The van der Waals surface area contributed by atoms with Gasteiger partial charge in [-0.05, 0) is 24.1 Å². The lowest BCUT2D eigenvalue weighted by molar-refractivity contribution is -0.139. The molecule has 2 nitrogen and oxygen atoms in total. The highest BCUT2D eigenvalue weighted by molar-refractivity contribution is 5.72. The van der Waals surface area contributed by atoms with Gasteiger partial charge in [0, 0.05) is 0 Å². The molecule has 0 fully saturated rings. The minimum absolute atomic E-state index is 0.0471. The molecule has 0 aliphatic heterocycles. The van der Waals surface area contributed by atoms with Crippen LogP contribution < -0.4 is 0 Å². The molecule has 0 saturated carbocycles. The van der Waals surface area contributed by atoms with E-state index >= 15 is 0 Å². The normalized spacial score (nSPS) is 10.0. The van der Waals surface area contributed by atoms with Gasteiger partial charge in [-0.15, -0.1) is 0 Å². The fraction of sp³-hybridized carbons (Fsp3) is 0.300. The van der Waals surface area contributed by atoms with Crippen molar-refractivity contribution in [3.05, 3.63) is 34.9 Å². The van der Waals surface area contributed by atoms with E-state index in [1.807, 2.05) is 0 Å². The second-order valence-electron chi connectivity index (χ2n) is 2.96. The molecule has 0 bridgehead atoms. The number of carbonyl (C=O) groups excluding carboxylic acids is 1. The number of hydrogen-bond donors (Lipinski definition) is 0. The standard InChI is InChI=1S/C10H10F2O2/c1-6-3-7(5-9(13)14-2)4-8(11)10(6)12/h3-4H,5H2,1-2H3. The minimum Gasteiger partial charge on any atom is -0.469 e. The molecule has 14 heavy (non-hydrogen) atoms. The molecule has 0 atom stereocenters. The van der Waals surface area contributed by atoms with Crippen molar-refractivity contribution in [1.82, 2.24) is 0 Å². The molecular weight excluding hydrogens is 190 g/mol. The third kappa shape index (κ3) is 2.28. The van der Waals surface area contributed by atoms with Crippen LogP contribution in [-0.4, -0.2) is 13.1 Å². The lowest BCUT2D eigenvalue weighted by atomic mass is 10.1. The average Bonchev–Trinajstić information content (AvgIpc) is 2.14. The van der Waals surface area contributed by atoms with Crippen LogP contribution in [0.2, 0.25) is 0 Å². The first kappa shape index (κ1) is 10.6. The second-order valence-corrected chi connectivity index (χ2v) is 2.96. The molecule has 0 spiro atoms. The molecule has 1 rings (SSSR count). The first-order valence-corrected chi connectivity index (χ1v) is 4.06. The number of esters is 1. The molecule has 0 amide bonds. The predicted octanol–water partition coefficient (Wildman–Crippen LogP) is 1.99. The molecular formula is C10H10F2O2. The van der Waals surface area contributed by atoms with E-state index in [4.69, 9.17) is 0 Å². The van der Waals surface area contributed by atoms with E-state index in [2.05, 4.69) is 4.74 Å². The molecule has 76 valence electrons. The van der Waals surface area contributed by atoms with Crippen molar-refractivity contribution in [2.45, 2.75) is 13.3 Å². The van der Waals surface area contributed by atoms with Crippen LogP contribution >= 0.6 is 0 Å². The zero-order valence-corrected chi connectivity index (χ0v) is 7.93. The molecule has 0 heterocycles. The number of methoxy groups -OCH3 is 1. The van der Waals surface area contributed by atoms with Crippen molar-refractivity contribution >= 4 is 5.97 Å². The third-order valence-corrected chi connectivity index (χ3v) is 1.85. The Hall–Kier alpha value is -1.45. The number of hydrogen-bond acceptors (Lipinski definition) is 2. The average molecular weight is 200 g/mol. The van der Waals surface area contributed by atoms with Gasteiger partial charge < -0.3 is 4.74 Å². The number of aryl methyl sites for hydroxylation is 1. The smallest absolute Gasteiger partial charge is 0.309 e. The molecule has 0 unspecified atom stereocenters. The van der Waals surface area contributed by atoms with Crippen LogP contribution in [0.5, 0.6) is 0 Å². The largest absolute Gasteiger partial charge is 0.469 e. The molecule has 0 saturated heterocycles. The summed E-state index contributed by atoms with van der Waals surface area (Å²) in [7, 11) is 1.25. The van der Waals surface area contributed by atoms with Crippen LogP contribution in [0.4, 0.5) is 8.78 Å². The highest BCUT2D eigenvalue weighted by atomic mass is 19.2. The predicted molar refractivity (Wildman–Crippen MR) is 46.8 cm³/mol. The summed E-state index contributed by atoms with van der Waals surface area (Å²) in [6.07, 6.45) is -0.0471. The van der Waals surface area contributed by atoms with Gasteiger partial charge in [0.15, 0.2) is 11.6 Å². The number of carbonyl (C=O) groups is 1. The molecule has 0 radical (unpaired) electrons. The van der Waals surface area contributed by atoms with Crippen LogP contribution in [0.3, 0.4) is 0 Å². The van der Waals surface area contributed by atoms with Crippen LogP contribution in [0.15, 0.2) is 12.1 Å². The van der Waals surface area contributed by atoms with Gasteiger partial charge in [0.25, 0.3) is 0 Å². The molecule has 0 aliphatic rings. The monoisotopic (exact) mass is 200 g/mol. The Morgan fingerprint density at radius 2 is 2.07 bits per heavy atom. The van der Waals surface area contributed by atoms with E-state index in [-0.39, 0.29) is 12.0 Å². The highest BCUT2D eigenvalue weighted by Crippen LogP contribution is 2.14. The van der Waals surface area contributed by atoms with Gasteiger partial charge in [0.2, 0.25) is 0 Å². The van der Waals surface area contributed by atoms with Gasteiger partial charge in [-0.25, -0.2) is 8.78 Å². The summed E-state index contributed by atoms with van der Waals surface area (Å²) >= 11 is 0. The molecule has 1 aromatic carbocycles. The first-order valence-electron chi connectivity index (χ1n) is 4.06. The summed E-state index contributed by atoms with van der Waals surface area (Å²) in [4.78, 5) is 10.9. The number of rotatable bonds is 2. The highest BCUT2D eigenvalue weighted by Gasteiger charge is 2.10. The molecule has 0 aromatic heterocycles. The summed E-state index contributed by atoms with van der Waals surface area (Å²) in [5.74, 6) is -2.29. The van der Waals surface area contributed by atoms with Gasteiger partial charge in [-0.1, -0.05) is 6.07 Å². The zero-order chi connectivity index (χ0) is 10.7. The van der Waals surface area contributed by atoms with Crippen molar-refractivity contribution in [3.8, 4) is 0 Å². The molecule has 0 N–H and O–H groups in total. The Bertz CT molecular complexity index is 338. The maximum Gasteiger partial charge on any atom is 0.309 e. The van der Waals surface area contributed by atoms with Gasteiger partial charge in [-0.3, -0.25) is 4.79 Å². The summed E-state index contributed by atoms with van der Waals surface area (Å²) < 4.78 is 30.1. The summed E-state index contributed by atoms with van der Waals surface area (Å²) in [5, 5.41) is 0. The Kier molecular flexibility index (Phi) is 3.17. The van der Waals surface area contributed by atoms with Crippen molar-refractivity contribution in [2.24, 2.45) is 0 Å². The molecule has 4 heteroatoms. The number of ether oxygens (including phenoxy) is 1. The van der Waals surface area contributed by atoms with Crippen LogP contribution in [0, 0.1) is 18.6 Å². The zero-order valence-electron chi connectivity index (χ0n) is 7.93. The van der Waals surface area contributed by atoms with Gasteiger partial charge in [0.05, 0.1) is 13.5 Å². The Morgan fingerprint density at radius 3 is 2.57 bits per heavy atom. The maximum atomic E-state index is 12.9.